The summed E-state index contributed by atoms with van der Waals surface area (Å²) in [4.78, 5) is 20.8. The summed E-state index contributed by atoms with van der Waals surface area (Å²) >= 11 is 0.0287. The molecule has 3 rings (SSSR count). The van der Waals surface area contributed by atoms with Crippen molar-refractivity contribution in [2.24, 2.45) is 0 Å². The zero-order valence-corrected chi connectivity index (χ0v) is 15.3. The Kier molecular flexibility index (Phi) is 7.16. The molecule has 126 valence electrons. The highest BCUT2D eigenvalue weighted by Crippen LogP contribution is 2.06. The number of benzene rings is 3. The average Bonchev–Trinajstić information content (AvgIpc) is 2.64. The molecule has 3 aromatic carbocycles. The molecular formula is C20H15IO4. The topological polar surface area (TPSA) is 77.4 Å². The zero-order valence-electron chi connectivity index (χ0n) is 13.1. The molecular weight excluding hydrogens is 431 g/mol. The van der Waals surface area contributed by atoms with Crippen LogP contribution in [0.15, 0.2) is 84.9 Å². The lowest BCUT2D eigenvalue weighted by Gasteiger charge is -2.04. The molecule has 0 aliphatic heterocycles. The van der Waals surface area contributed by atoms with Gasteiger partial charge in [-0.05, 0) is 30.3 Å². The number of carboxylic acids is 2. The maximum atomic E-state index is 10.4. The Morgan fingerprint density at radius 1 is 0.680 bits per heavy atom. The summed E-state index contributed by atoms with van der Waals surface area (Å²) < 4.78 is 2.96. The van der Waals surface area contributed by atoms with Crippen LogP contribution in [0.5, 0.6) is 0 Å². The monoisotopic (exact) mass is 446 g/mol. The van der Waals surface area contributed by atoms with Gasteiger partial charge in [-0.3, -0.25) is 0 Å². The minimum atomic E-state index is -1.48. The zero-order chi connectivity index (χ0) is 18.1. The van der Waals surface area contributed by atoms with Gasteiger partial charge in [0.2, 0.25) is 0 Å². The number of carbonyl (C=O) groups is 2. The van der Waals surface area contributed by atoms with Crippen LogP contribution in [0, 0.1) is 7.14 Å². The fraction of sp³-hybridized carbons (Fsp3) is 0. The number of aromatic carboxylic acids is 2. The van der Waals surface area contributed by atoms with Crippen LogP contribution in [0.25, 0.3) is 0 Å². The van der Waals surface area contributed by atoms with Crippen LogP contribution in [0.3, 0.4) is 0 Å². The van der Waals surface area contributed by atoms with Gasteiger partial charge in [0.25, 0.3) is 0 Å². The van der Waals surface area contributed by atoms with Crippen molar-refractivity contribution in [1.29, 1.82) is 0 Å². The van der Waals surface area contributed by atoms with Crippen molar-refractivity contribution in [2.45, 2.75) is 0 Å². The van der Waals surface area contributed by atoms with E-state index in [-0.39, 0.29) is 32.3 Å². The molecule has 0 bridgehead atoms. The highest BCUT2D eigenvalue weighted by molar-refractivity contribution is 6.00. The van der Waals surface area contributed by atoms with Gasteiger partial charge in [-0.1, -0.05) is 54.6 Å². The molecule has 0 saturated carbocycles. The first-order valence-electron chi connectivity index (χ1n) is 7.36. The normalized spacial score (nSPS) is 9.60. The lowest BCUT2D eigenvalue weighted by molar-refractivity contribution is -0.597. The lowest BCUT2D eigenvalue weighted by atomic mass is 10.1. The number of carbonyl (C=O) groups excluding carboxylic acids is 1. The van der Waals surface area contributed by atoms with Crippen LogP contribution in [-0.4, -0.2) is 17.0 Å². The average molecular weight is 446 g/mol. The molecule has 0 spiro atoms. The van der Waals surface area contributed by atoms with Gasteiger partial charge in [-0.15, -0.1) is 0 Å². The molecule has 0 fully saturated rings. The molecule has 0 saturated heterocycles. The van der Waals surface area contributed by atoms with Gasteiger partial charge < -0.3 is 15.0 Å². The van der Waals surface area contributed by atoms with Crippen molar-refractivity contribution in [2.75, 3.05) is 0 Å². The summed E-state index contributed by atoms with van der Waals surface area (Å²) in [7, 11) is 0. The van der Waals surface area contributed by atoms with E-state index in [1.807, 2.05) is 0 Å². The Bertz CT molecular complexity index is 762. The fourth-order valence-electron chi connectivity index (χ4n) is 1.93. The van der Waals surface area contributed by atoms with Crippen molar-refractivity contribution in [3.8, 4) is 0 Å². The van der Waals surface area contributed by atoms with Crippen LogP contribution in [0.4, 0.5) is 0 Å². The van der Waals surface area contributed by atoms with Crippen LogP contribution >= 0.6 is 0 Å². The molecule has 0 heterocycles. The maximum Gasteiger partial charge on any atom is 0.357 e. The molecule has 0 aromatic heterocycles. The molecule has 0 amide bonds. The molecule has 0 atom stereocenters. The molecule has 4 nitrogen and oxygen atoms in total. The van der Waals surface area contributed by atoms with E-state index in [9.17, 15) is 14.7 Å². The molecule has 0 aliphatic carbocycles. The van der Waals surface area contributed by atoms with E-state index in [0.717, 1.165) is 0 Å². The number of rotatable bonds is 4. The molecule has 3 aromatic rings. The van der Waals surface area contributed by atoms with Crippen LogP contribution in [-0.2, 0) is 0 Å². The predicted octanol–water partition coefficient (Wildman–Crippen LogP) is -0.437. The Morgan fingerprint density at radius 2 is 1.08 bits per heavy atom. The van der Waals surface area contributed by atoms with E-state index in [1.165, 1.54) is 31.4 Å². The number of halogens is 1. The second-order valence-corrected chi connectivity index (χ2v) is 7.85. The smallest absolute Gasteiger partial charge is 0.357 e. The van der Waals surface area contributed by atoms with Crippen molar-refractivity contribution in [3.05, 3.63) is 103 Å². The third kappa shape index (κ3) is 6.04. The van der Waals surface area contributed by atoms with E-state index in [4.69, 9.17) is 5.11 Å². The summed E-state index contributed by atoms with van der Waals surface area (Å²) in [6.45, 7) is 0. The molecule has 0 radical (unpaired) electrons. The van der Waals surface area contributed by atoms with Gasteiger partial charge in [0.05, 0.1) is 11.5 Å². The van der Waals surface area contributed by atoms with Crippen molar-refractivity contribution < 1.29 is 41.0 Å². The van der Waals surface area contributed by atoms with E-state index < -0.39 is 11.9 Å². The van der Waals surface area contributed by atoms with Gasteiger partial charge in [-0.25, -0.2) is 4.79 Å². The van der Waals surface area contributed by atoms with Gasteiger partial charge in [0, 0.05) is 5.56 Å². The summed E-state index contributed by atoms with van der Waals surface area (Å²) in [6.07, 6.45) is 0. The number of carboxylic acid groups (broad SMARTS) is 2. The minimum Gasteiger partial charge on any atom is -0.545 e. The second kappa shape index (κ2) is 9.58. The van der Waals surface area contributed by atoms with Crippen molar-refractivity contribution in [3.63, 3.8) is 0 Å². The predicted molar refractivity (Wildman–Crippen MR) is 88.0 cm³/mol. The Labute approximate surface area is 156 Å². The van der Waals surface area contributed by atoms with Crippen LogP contribution in [0.1, 0.15) is 20.7 Å². The summed E-state index contributed by atoms with van der Waals surface area (Å²) in [5.74, 6) is -2.75. The van der Waals surface area contributed by atoms with E-state index in [0.29, 0.717) is 0 Å². The third-order valence-electron chi connectivity index (χ3n) is 3.06. The van der Waals surface area contributed by atoms with E-state index >= 15 is 0 Å². The fourth-order valence-corrected chi connectivity index (χ4v) is 4.20. The van der Waals surface area contributed by atoms with E-state index in [1.54, 1.807) is 0 Å². The van der Waals surface area contributed by atoms with Crippen molar-refractivity contribution >= 4 is 11.9 Å². The molecule has 25 heavy (non-hydrogen) atoms. The van der Waals surface area contributed by atoms with Gasteiger partial charge >= 0.3 is 27.2 Å². The quantitative estimate of drug-likeness (QED) is 0.552. The first-order chi connectivity index (χ1) is 12.1. The van der Waals surface area contributed by atoms with Gasteiger partial charge in [0.15, 0.2) is 7.14 Å². The largest absolute Gasteiger partial charge is 0.545 e. The SMILES string of the molecule is O=C([O-])c1ccccc1C(=O)O.c1ccc([I+]c2ccccc2)cc1. The first-order valence-corrected chi connectivity index (χ1v) is 9.52. The summed E-state index contributed by atoms with van der Waals surface area (Å²) in [5, 5.41) is 18.9. The van der Waals surface area contributed by atoms with Crippen molar-refractivity contribution in [1.82, 2.24) is 0 Å². The molecule has 5 heteroatoms. The Morgan fingerprint density at radius 3 is 1.44 bits per heavy atom. The molecule has 1 N–H and O–H groups in total. The minimum absolute atomic E-state index is 0.0287. The summed E-state index contributed by atoms with van der Waals surface area (Å²) in [5.41, 5.74) is -0.553. The highest BCUT2D eigenvalue weighted by atomic mass is 127. The maximum absolute atomic E-state index is 10.4. The number of hydrogen-bond donors (Lipinski definition) is 1. The molecule has 0 aliphatic rings. The first kappa shape index (κ1) is 18.7. The number of hydrogen-bond acceptors (Lipinski definition) is 3. The van der Waals surface area contributed by atoms with Gasteiger partial charge in [-0.2, -0.15) is 0 Å². The Hall–Kier alpha value is -2.67. The van der Waals surface area contributed by atoms with Crippen LogP contribution in [0.2, 0.25) is 0 Å². The molecule has 0 unspecified atom stereocenters. The lowest BCUT2D eigenvalue weighted by Crippen LogP contribution is -3.61. The van der Waals surface area contributed by atoms with Gasteiger partial charge in [0.1, 0.15) is 0 Å². The highest BCUT2D eigenvalue weighted by Gasteiger charge is 2.12. The second-order valence-electron chi connectivity index (χ2n) is 4.82. The third-order valence-corrected chi connectivity index (χ3v) is 5.75. The standard InChI is InChI=1S/C12H10I.C8H6O4/c1-3-7-11(8-4-1)13-12-9-5-2-6-10-12;9-7(10)5-3-1-2-4-6(5)8(11)12/h1-10H;1-4H,(H,9,10)(H,11,12)/q+1;/p-1. The Balaban J connectivity index is 0.000000181. The van der Waals surface area contributed by atoms with E-state index in [2.05, 4.69) is 60.7 Å². The van der Waals surface area contributed by atoms with Crippen LogP contribution < -0.4 is 26.3 Å². The summed E-state index contributed by atoms with van der Waals surface area (Å²) in [6, 6.07) is 26.7.